The van der Waals surface area contributed by atoms with E-state index in [1.165, 1.54) is 10.9 Å². The Bertz CT molecular complexity index is 1660. The van der Waals surface area contributed by atoms with E-state index in [-0.39, 0.29) is 24.6 Å². The van der Waals surface area contributed by atoms with Crippen LogP contribution in [-0.2, 0) is 17.9 Å². The van der Waals surface area contributed by atoms with Gasteiger partial charge in [-0.05, 0) is 37.6 Å². The Labute approximate surface area is 199 Å². The molecule has 0 spiro atoms. The fourth-order valence-electron chi connectivity index (χ4n) is 4.58. The van der Waals surface area contributed by atoms with Gasteiger partial charge in [-0.2, -0.15) is 4.98 Å². The number of amides is 1. The molecule has 0 saturated heterocycles. The van der Waals surface area contributed by atoms with Crippen molar-refractivity contribution in [1.29, 1.82) is 0 Å². The molecule has 0 N–H and O–H groups in total. The van der Waals surface area contributed by atoms with Crippen molar-refractivity contribution >= 4 is 33.5 Å². The molecule has 0 bridgehead atoms. The fraction of sp³-hybridized carbons (Fsp3) is 0.240. The van der Waals surface area contributed by atoms with Gasteiger partial charge in [-0.15, -0.1) is 0 Å². The van der Waals surface area contributed by atoms with E-state index in [4.69, 9.17) is 9.26 Å². The maximum absolute atomic E-state index is 13.6. The van der Waals surface area contributed by atoms with E-state index >= 15 is 0 Å². The lowest BCUT2D eigenvalue weighted by atomic mass is 10.1. The number of carbonyl (C=O) groups excluding carboxylic acids is 1. The van der Waals surface area contributed by atoms with E-state index in [0.717, 1.165) is 22.2 Å². The Morgan fingerprint density at radius 2 is 2.00 bits per heavy atom. The Hall–Kier alpha value is -4.47. The van der Waals surface area contributed by atoms with Crippen molar-refractivity contribution in [2.45, 2.75) is 26.9 Å². The molecule has 3 aromatic heterocycles. The molecule has 1 amide bonds. The monoisotopic (exact) mass is 470 g/mol. The van der Waals surface area contributed by atoms with E-state index in [2.05, 4.69) is 15.1 Å². The summed E-state index contributed by atoms with van der Waals surface area (Å²) in [5.41, 5.74) is 3.17. The summed E-state index contributed by atoms with van der Waals surface area (Å²) >= 11 is 0. The standard InChI is InChI=1S/C25H22N6O4/c1-15-7-8-20-19(11-15)30(9-10-34-20)22(32)13-31-18-6-4-3-5-17(18)23-24(31)25(33)29(14-26-23)12-21-27-16(2)28-35-21/h3-8,11,14H,9-10,12-13H2,1-2H3. The van der Waals surface area contributed by atoms with E-state index < -0.39 is 0 Å². The molecule has 1 aliphatic heterocycles. The zero-order valence-corrected chi connectivity index (χ0v) is 19.3. The van der Waals surface area contributed by atoms with Gasteiger partial charge in [0, 0.05) is 5.39 Å². The molecule has 1 aliphatic rings. The quantitative estimate of drug-likeness (QED) is 0.397. The largest absolute Gasteiger partial charge is 0.490 e. The van der Waals surface area contributed by atoms with Crippen LogP contribution in [0.3, 0.4) is 0 Å². The normalized spacial score (nSPS) is 13.3. The zero-order valence-electron chi connectivity index (χ0n) is 19.3. The third kappa shape index (κ3) is 3.54. The van der Waals surface area contributed by atoms with Crippen LogP contribution < -0.4 is 15.2 Å². The van der Waals surface area contributed by atoms with Gasteiger partial charge in [-0.1, -0.05) is 29.4 Å². The average Bonchev–Trinajstić information content (AvgIpc) is 3.41. The molecule has 4 heterocycles. The average molecular weight is 470 g/mol. The summed E-state index contributed by atoms with van der Waals surface area (Å²) in [6.07, 6.45) is 1.48. The van der Waals surface area contributed by atoms with Crippen molar-refractivity contribution in [3.8, 4) is 5.75 Å². The van der Waals surface area contributed by atoms with Gasteiger partial charge in [0.25, 0.3) is 5.56 Å². The molecule has 10 heteroatoms. The number of para-hydroxylation sites is 1. The molecule has 0 unspecified atom stereocenters. The molecule has 0 radical (unpaired) electrons. The first-order valence-electron chi connectivity index (χ1n) is 11.3. The lowest BCUT2D eigenvalue weighted by molar-refractivity contribution is -0.119. The van der Waals surface area contributed by atoms with Gasteiger partial charge in [0.1, 0.15) is 36.5 Å². The minimum absolute atomic E-state index is 0.0159. The number of ether oxygens (including phenoxy) is 1. The highest BCUT2D eigenvalue weighted by molar-refractivity contribution is 6.07. The number of aromatic nitrogens is 5. The van der Waals surface area contributed by atoms with Crippen molar-refractivity contribution in [2.75, 3.05) is 18.1 Å². The second kappa shape index (κ2) is 8.08. The third-order valence-electron chi connectivity index (χ3n) is 6.18. The molecule has 0 aliphatic carbocycles. The summed E-state index contributed by atoms with van der Waals surface area (Å²) < 4.78 is 14.1. The number of carbonyl (C=O) groups is 1. The van der Waals surface area contributed by atoms with Crippen molar-refractivity contribution in [3.63, 3.8) is 0 Å². The van der Waals surface area contributed by atoms with Crippen LogP contribution in [0.1, 0.15) is 17.3 Å². The highest BCUT2D eigenvalue weighted by atomic mass is 16.5. The minimum Gasteiger partial charge on any atom is -0.490 e. The third-order valence-corrected chi connectivity index (χ3v) is 6.18. The maximum atomic E-state index is 13.6. The van der Waals surface area contributed by atoms with Crippen LogP contribution in [0.5, 0.6) is 5.75 Å². The van der Waals surface area contributed by atoms with Crippen LogP contribution in [0.4, 0.5) is 5.69 Å². The van der Waals surface area contributed by atoms with Crippen molar-refractivity contribution in [2.24, 2.45) is 0 Å². The summed E-state index contributed by atoms with van der Waals surface area (Å²) in [7, 11) is 0. The van der Waals surface area contributed by atoms with Crippen LogP contribution in [0.2, 0.25) is 0 Å². The first kappa shape index (κ1) is 21.1. The highest BCUT2D eigenvalue weighted by Crippen LogP contribution is 2.33. The van der Waals surface area contributed by atoms with E-state index in [1.54, 1.807) is 16.4 Å². The first-order chi connectivity index (χ1) is 17.0. The van der Waals surface area contributed by atoms with Crippen molar-refractivity contribution < 1.29 is 14.1 Å². The first-order valence-corrected chi connectivity index (χ1v) is 11.3. The SMILES string of the molecule is Cc1ccc2c(c1)N(C(=O)Cn1c3ccccc3c3ncn(Cc4nc(C)no4)c(=O)c31)CCO2. The van der Waals surface area contributed by atoms with Gasteiger partial charge in [0.05, 0.1) is 24.1 Å². The second-order valence-electron chi connectivity index (χ2n) is 8.58. The van der Waals surface area contributed by atoms with Crippen molar-refractivity contribution in [1.82, 2.24) is 24.3 Å². The molecular formula is C25H22N6O4. The Kier molecular flexibility index (Phi) is 4.87. The summed E-state index contributed by atoms with van der Waals surface area (Å²) in [4.78, 5) is 37.7. The number of anilines is 1. The molecular weight excluding hydrogens is 448 g/mol. The van der Waals surface area contributed by atoms with Crippen LogP contribution >= 0.6 is 0 Å². The van der Waals surface area contributed by atoms with E-state index in [9.17, 15) is 9.59 Å². The molecule has 0 atom stereocenters. The summed E-state index contributed by atoms with van der Waals surface area (Å²) in [6.45, 7) is 4.61. The van der Waals surface area contributed by atoms with Gasteiger partial charge in [-0.25, -0.2) is 4.98 Å². The minimum atomic E-state index is -0.284. The molecule has 0 saturated carbocycles. The second-order valence-corrected chi connectivity index (χ2v) is 8.58. The number of benzene rings is 2. The zero-order chi connectivity index (χ0) is 24.1. The van der Waals surface area contributed by atoms with Gasteiger partial charge >= 0.3 is 0 Å². The van der Waals surface area contributed by atoms with E-state index in [0.29, 0.717) is 41.6 Å². The Morgan fingerprint density at radius 1 is 1.14 bits per heavy atom. The summed E-state index contributed by atoms with van der Waals surface area (Å²) in [6, 6.07) is 13.4. The number of fused-ring (bicyclic) bond motifs is 4. The predicted molar refractivity (Wildman–Crippen MR) is 129 cm³/mol. The van der Waals surface area contributed by atoms with Crippen LogP contribution in [-0.4, -0.2) is 43.3 Å². The highest BCUT2D eigenvalue weighted by Gasteiger charge is 2.26. The van der Waals surface area contributed by atoms with Crippen LogP contribution in [0, 0.1) is 13.8 Å². The number of hydrogen-bond acceptors (Lipinski definition) is 7. The molecule has 5 aromatic rings. The fourth-order valence-corrected chi connectivity index (χ4v) is 4.58. The smallest absolute Gasteiger partial charge is 0.278 e. The number of rotatable bonds is 4. The van der Waals surface area contributed by atoms with Gasteiger partial charge in [0.15, 0.2) is 5.82 Å². The molecule has 176 valence electrons. The van der Waals surface area contributed by atoms with Crippen LogP contribution in [0.25, 0.3) is 21.9 Å². The molecule has 6 rings (SSSR count). The summed E-state index contributed by atoms with van der Waals surface area (Å²) in [5.74, 6) is 1.34. The Morgan fingerprint density at radius 3 is 2.83 bits per heavy atom. The number of nitrogens with zero attached hydrogens (tertiary/aromatic N) is 6. The maximum Gasteiger partial charge on any atom is 0.278 e. The van der Waals surface area contributed by atoms with Gasteiger partial charge in [-0.3, -0.25) is 14.2 Å². The number of hydrogen-bond donors (Lipinski definition) is 0. The van der Waals surface area contributed by atoms with E-state index in [1.807, 2.05) is 49.4 Å². The molecule has 2 aromatic carbocycles. The molecule has 35 heavy (non-hydrogen) atoms. The Balaban J connectivity index is 1.46. The van der Waals surface area contributed by atoms with Crippen molar-refractivity contribution in [3.05, 3.63) is 76.4 Å². The molecule has 10 nitrogen and oxygen atoms in total. The van der Waals surface area contributed by atoms with Gasteiger partial charge in [0.2, 0.25) is 11.8 Å². The topological polar surface area (TPSA) is 108 Å². The van der Waals surface area contributed by atoms with Crippen LogP contribution in [0.15, 0.2) is 58.1 Å². The molecule has 0 fully saturated rings. The van der Waals surface area contributed by atoms with Gasteiger partial charge < -0.3 is 18.7 Å². The summed E-state index contributed by atoms with van der Waals surface area (Å²) in [5, 5.41) is 4.60. The number of aryl methyl sites for hydroxylation is 2. The lowest BCUT2D eigenvalue weighted by Crippen LogP contribution is -2.40. The predicted octanol–water partition coefficient (Wildman–Crippen LogP) is 2.82. The lowest BCUT2D eigenvalue weighted by Gasteiger charge is -2.30.